The van der Waals surface area contributed by atoms with E-state index in [9.17, 15) is 4.39 Å². The molecule has 1 aliphatic heterocycles. The van der Waals surface area contributed by atoms with Crippen LogP contribution in [0.4, 0.5) is 4.39 Å². The highest BCUT2D eigenvalue weighted by Crippen LogP contribution is 2.22. The number of nitrogens with zero attached hydrogens (tertiary/aromatic N) is 1. The topological polar surface area (TPSA) is 21.7 Å². The van der Waals surface area contributed by atoms with Gasteiger partial charge in [-0.15, -0.1) is 0 Å². The van der Waals surface area contributed by atoms with Crippen molar-refractivity contribution in [3.8, 4) is 5.75 Å². The predicted octanol–water partition coefficient (Wildman–Crippen LogP) is 2.69. The van der Waals surface area contributed by atoms with Gasteiger partial charge in [0.05, 0.1) is 13.7 Å². The lowest BCUT2D eigenvalue weighted by atomic mass is 9.98. The molecule has 0 spiro atoms. The highest BCUT2D eigenvalue weighted by molar-refractivity contribution is 5.30. The number of piperidine rings is 1. The fraction of sp³-hybridized carbons (Fsp3) is 0.600. The predicted molar refractivity (Wildman–Crippen MR) is 72.8 cm³/mol. The number of methoxy groups -OCH3 is 2. The molecular weight excluding hydrogens is 245 g/mol. The molecule has 0 aliphatic carbocycles. The molecule has 0 radical (unpaired) electrons. The first-order chi connectivity index (χ1) is 9.22. The van der Waals surface area contributed by atoms with Crippen LogP contribution in [0, 0.1) is 11.7 Å². The van der Waals surface area contributed by atoms with Crippen LogP contribution in [0.15, 0.2) is 18.2 Å². The van der Waals surface area contributed by atoms with Gasteiger partial charge in [0.1, 0.15) is 0 Å². The number of rotatable bonds is 5. The van der Waals surface area contributed by atoms with Crippen molar-refractivity contribution in [2.45, 2.75) is 19.4 Å². The number of hydrogen-bond acceptors (Lipinski definition) is 3. The number of halogens is 1. The van der Waals surface area contributed by atoms with Gasteiger partial charge in [0.2, 0.25) is 0 Å². The molecule has 4 heteroatoms. The van der Waals surface area contributed by atoms with Crippen molar-refractivity contribution in [1.29, 1.82) is 0 Å². The Morgan fingerprint density at radius 2 is 2.21 bits per heavy atom. The van der Waals surface area contributed by atoms with Crippen molar-refractivity contribution >= 4 is 0 Å². The lowest BCUT2D eigenvalue weighted by Gasteiger charge is -2.32. The van der Waals surface area contributed by atoms with Crippen molar-refractivity contribution in [2.75, 3.05) is 33.9 Å². The van der Waals surface area contributed by atoms with Crippen LogP contribution in [-0.4, -0.2) is 38.8 Å². The Morgan fingerprint density at radius 3 is 2.95 bits per heavy atom. The van der Waals surface area contributed by atoms with Gasteiger partial charge in [-0.3, -0.25) is 4.90 Å². The second kappa shape index (κ2) is 6.87. The Hall–Kier alpha value is -1.13. The molecule has 106 valence electrons. The summed E-state index contributed by atoms with van der Waals surface area (Å²) in [7, 11) is 3.25. The van der Waals surface area contributed by atoms with E-state index in [4.69, 9.17) is 9.47 Å². The van der Waals surface area contributed by atoms with E-state index in [0.29, 0.717) is 11.7 Å². The Balaban J connectivity index is 1.96. The van der Waals surface area contributed by atoms with Crippen molar-refractivity contribution in [3.63, 3.8) is 0 Å². The molecule has 19 heavy (non-hydrogen) atoms. The average Bonchev–Trinajstić information content (AvgIpc) is 2.42. The third-order valence-corrected chi connectivity index (χ3v) is 3.63. The second-order valence-electron chi connectivity index (χ2n) is 5.17. The van der Waals surface area contributed by atoms with Crippen molar-refractivity contribution in [3.05, 3.63) is 29.6 Å². The Bertz CT molecular complexity index is 409. The van der Waals surface area contributed by atoms with Gasteiger partial charge in [-0.25, -0.2) is 4.39 Å². The minimum Gasteiger partial charge on any atom is -0.494 e. The monoisotopic (exact) mass is 267 g/mol. The molecule has 0 aromatic heterocycles. The van der Waals surface area contributed by atoms with Crippen molar-refractivity contribution in [1.82, 2.24) is 4.90 Å². The van der Waals surface area contributed by atoms with E-state index in [0.717, 1.165) is 31.8 Å². The van der Waals surface area contributed by atoms with Crippen LogP contribution < -0.4 is 4.74 Å². The average molecular weight is 267 g/mol. The third-order valence-electron chi connectivity index (χ3n) is 3.63. The van der Waals surface area contributed by atoms with Gasteiger partial charge in [0.15, 0.2) is 11.6 Å². The minimum absolute atomic E-state index is 0.304. The zero-order chi connectivity index (χ0) is 13.7. The van der Waals surface area contributed by atoms with Gasteiger partial charge in [-0.1, -0.05) is 6.07 Å². The fourth-order valence-electron chi connectivity index (χ4n) is 2.73. The van der Waals surface area contributed by atoms with Crippen LogP contribution in [0.5, 0.6) is 5.75 Å². The van der Waals surface area contributed by atoms with E-state index in [-0.39, 0.29) is 5.82 Å². The number of hydrogen-bond donors (Lipinski definition) is 0. The molecule has 1 aromatic carbocycles. The summed E-state index contributed by atoms with van der Waals surface area (Å²) < 4.78 is 23.6. The number of benzene rings is 1. The van der Waals surface area contributed by atoms with Crippen LogP contribution in [0.3, 0.4) is 0 Å². The summed E-state index contributed by atoms with van der Waals surface area (Å²) in [5.74, 6) is 0.631. The first-order valence-corrected chi connectivity index (χ1v) is 6.76. The minimum atomic E-state index is -0.304. The highest BCUT2D eigenvalue weighted by Gasteiger charge is 2.20. The Kier molecular flexibility index (Phi) is 5.16. The van der Waals surface area contributed by atoms with Gasteiger partial charge in [-0.05, 0) is 43.0 Å². The summed E-state index contributed by atoms with van der Waals surface area (Å²) in [5.41, 5.74) is 1.09. The molecule has 0 unspecified atom stereocenters. The van der Waals surface area contributed by atoms with Crippen molar-refractivity contribution < 1.29 is 13.9 Å². The maximum Gasteiger partial charge on any atom is 0.165 e. The van der Waals surface area contributed by atoms with E-state index >= 15 is 0 Å². The van der Waals surface area contributed by atoms with Crippen LogP contribution in [0.2, 0.25) is 0 Å². The van der Waals surface area contributed by atoms with E-state index in [1.165, 1.54) is 26.0 Å². The molecule has 0 N–H and O–H groups in total. The largest absolute Gasteiger partial charge is 0.494 e. The van der Waals surface area contributed by atoms with Crippen LogP contribution in [0.25, 0.3) is 0 Å². The summed E-state index contributed by atoms with van der Waals surface area (Å²) in [5, 5.41) is 0. The quantitative estimate of drug-likeness (QED) is 0.818. The maximum absolute atomic E-state index is 13.4. The molecular formula is C15H22FNO2. The lowest BCUT2D eigenvalue weighted by Crippen LogP contribution is -2.36. The van der Waals surface area contributed by atoms with E-state index in [1.807, 2.05) is 6.07 Å². The van der Waals surface area contributed by atoms with Gasteiger partial charge in [0, 0.05) is 20.2 Å². The molecule has 1 saturated heterocycles. The van der Waals surface area contributed by atoms with Crippen LogP contribution in [0.1, 0.15) is 18.4 Å². The molecule has 3 nitrogen and oxygen atoms in total. The normalized spacial score (nSPS) is 20.5. The Morgan fingerprint density at radius 1 is 1.37 bits per heavy atom. The molecule has 1 aromatic rings. The second-order valence-corrected chi connectivity index (χ2v) is 5.17. The third kappa shape index (κ3) is 3.91. The molecule has 1 atom stereocenters. The van der Waals surface area contributed by atoms with E-state index in [1.54, 1.807) is 13.2 Å². The Labute approximate surface area is 114 Å². The summed E-state index contributed by atoms with van der Waals surface area (Å²) >= 11 is 0. The SMILES string of the molecule is COC[C@H]1CCCN(Cc2ccc(F)c(OC)c2)C1. The molecule has 1 aliphatic rings. The van der Waals surface area contributed by atoms with Crippen molar-refractivity contribution in [2.24, 2.45) is 5.92 Å². The molecule has 0 saturated carbocycles. The number of ether oxygens (including phenoxy) is 2. The maximum atomic E-state index is 13.4. The molecule has 0 bridgehead atoms. The molecule has 1 fully saturated rings. The van der Waals surface area contributed by atoms with Gasteiger partial charge >= 0.3 is 0 Å². The van der Waals surface area contributed by atoms with E-state index < -0.39 is 0 Å². The van der Waals surface area contributed by atoms with Gasteiger partial charge in [0.25, 0.3) is 0 Å². The van der Waals surface area contributed by atoms with E-state index in [2.05, 4.69) is 4.90 Å². The summed E-state index contributed by atoms with van der Waals surface area (Å²) in [4.78, 5) is 2.40. The summed E-state index contributed by atoms with van der Waals surface area (Å²) in [6, 6.07) is 5.10. The standard InChI is InChI=1S/C15H22FNO2/c1-18-11-13-4-3-7-17(10-13)9-12-5-6-14(16)15(8-12)19-2/h5-6,8,13H,3-4,7,9-11H2,1-2H3/t13-/m0/s1. The fourth-order valence-corrected chi connectivity index (χ4v) is 2.73. The smallest absolute Gasteiger partial charge is 0.165 e. The van der Waals surface area contributed by atoms with Gasteiger partial charge in [-0.2, -0.15) is 0 Å². The molecule has 1 heterocycles. The first-order valence-electron chi connectivity index (χ1n) is 6.76. The zero-order valence-corrected chi connectivity index (χ0v) is 11.7. The highest BCUT2D eigenvalue weighted by atomic mass is 19.1. The molecule has 0 amide bonds. The molecule has 2 rings (SSSR count). The van der Waals surface area contributed by atoms with Crippen LogP contribution >= 0.6 is 0 Å². The lowest BCUT2D eigenvalue weighted by molar-refractivity contribution is 0.0873. The summed E-state index contributed by atoms with van der Waals surface area (Å²) in [6.45, 7) is 3.81. The zero-order valence-electron chi connectivity index (χ0n) is 11.7. The van der Waals surface area contributed by atoms with Gasteiger partial charge < -0.3 is 9.47 Å². The first kappa shape index (κ1) is 14.3. The number of likely N-dealkylation sites (tertiary alicyclic amines) is 1. The van der Waals surface area contributed by atoms with Crippen LogP contribution in [-0.2, 0) is 11.3 Å². The summed E-state index contributed by atoms with van der Waals surface area (Å²) in [6.07, 6.45) is 2.43.